The van der Waals surface area contributed by atoms with Crippen LogP contribution in [0.5, 0.6) is 0 Å². The van der Waals surface area contributed by atoms with Gasteiger partial charge in [0.1, 0.15) is 5.52 Å². The summed E-state index contributed by atoms with van der Waals surface area (Å²) < 4.78 is 51.3. The number of benzene rings is 1. The van der Waals surface area contributed by atoms with E-state index >= 15 is 0 Å². The maximum atomic E-state index is 13.0. The summed E-state index contributed by atoms with van der Waals surface area (Å²) in [6.07, 6.45) is 1.04. The van der Waals surface area contributed by atoms with Crippen molar-refractivity contribution in [2.75, 3.05) is 0 Å². The van der Waals surface area contributed by atoms with E-state index in [2.05, 4.69) is 11.1 Å². The molecule has 0 bridgehead atoms. The second-order valence-corrected chi connectivity index (χ2v) is 2.59. The normalized spacial score (nSPS) is 10.9. The number of hydrogen-bond acceptors (Lipinski definition) is 1. The van der Waals surface area contributed by atoms with Gasteiger partial charge in [-0.05, 0) is 6.07 Å². The average molecular weight is 200 g/mol. The Bertz CT molecular complexity index is 463. The van der Waals surface area contributed by atoms with Gasteiger partial charge >= 0.3 is 0 Å². The third-order valence-electron chi connectivity index (χ3n) is 1.77. The van der Waals surface area contributed by atoms with E-state index in [0.29, 0.717) is 0 Å². The number of nitrogens with zero attached hydrogens (tertiary/aromatic N) is 1. The van der Waals surface area contributed by atoms with Gasteiger partial charge in [-0.2, -0.15) is 0 Å². The number of aromatic nitrogens is 1. The Balaban J connectivity index is 3.02. The monoisotopic (exact) mass is 200 g/mol. The van der Waals surface area contributed by atoms with Gasteiger partial charge in [-0.1, -0.05) is 0 Å². The summed E-state index contributed by atoms with van der Waals surface area (Å²) in [6, 6.07) is 3.35. The van der Waals surface area contributed by atoms with Crippen molar-refractivity contribution in [1.29, 1.82) is 0 Å². The van der Waals surface area contributed by atoms with Gasteiger partial charge in [-0.15, -0.1) is 0 Å². The van der Waals surface area contributed by atoms with E-state index in [0.717, 1.165) is 12.3 Å². The maximum Gasteiger partial charge on any atom is 0.199 e. The predicted molar refractivity (Wildman–Crippen MR) is 40.4 cm³/mol. The van der Waals surface area contributed by atoms with Gasteiger partial charge in [-0.3, -0.25) is 4.98 Å². The third kappa shape index (κ3) is 1.05. The minimum Gasteiger partial charge on any atom is -0.252 e. The van der Waals surface area contributed by atoms with Gasteiger partial charge in [0.05, 0.1) is 0 Å². The Morgan fingerprint density at radius 3 is 2.29 bits per heavy atom. The highest BCUT2D eigenvalue weighted by molar-refractivity contribution is 5.79. The van der Waals surface area contributed by atoms with Crippen LogP contribution in [-0.2, 0) is 0 Å². The van der Waals surface area contributed by atoms with Gasteiger partial charge in [0, 0.05) is 17.6 Å². The summed E-state index contributed by atoms with van der Waals surface area (Å²) in [5.74, 6) is -6.64. The van der Waals surface area contributed by atoms with Gasteiger partial charge in [-0.25, -0.2) is 17.6 Å². The largest absolute Gasteiger partial charge is 0.252 e. The molecule has 1 radical (unpaired) electrons. The van der Waals surface area contributed by atoms with Crippen LogP contribution in [0.3, 0.4) is 0 Å². The van der Waals surface area contributed by atoms with E-state index in [9.17, 15) is 17.6 Å². The van der Waals surface area contributed by atoms with Crippen LogP contribution >= 0.6 is 0 Å². The van der Waals surface area contributed by atoms with E-state index < -0.39 is 34.2 Å². The van der Waals surface area contributed by atoms with Gasteiger partial charge in [0.15, 0.2) is 23.3 Å². The number of rotatable bonds is 0. The SMILES string of the molecule is Fc1c(F)c(F)c2nc[c]cc2c1F. The molecule has 1 aromatic carbocycles. The first-order chi connectivity index (χ1) is 6.63. The van der Waals surface area contributed by atoms with Gasteiger partial charge in [0.2, 0.25) is 0 Å². The molecule has 2 aromatic rings. The molecule has 1 heterocycles. The van der Waals surface area contributed by atoms with Crippen LogP contribution in [0.15, 0.2) is 12.3 Å². The van der Waals surface area contributed by atoms with Crippen molar-refractivity contribution in [2.24, 2.45) is 0 Å². The highest BCUT2D eigenvalue weighted by Gasteiger charge is 2.20. The Hall–Kier alpha value is -1.65. The zero-order chi connectivity index (χ0) is 10.3. The molecule has 0 saturated carbocycles. The summed E-state index contributed by atoms with van der Waals surface area (Å²) >= 11 is 0. The molecule has 1 nitrogen and oxygen atoms in total. The van der Waals surface area contributed by atoms with Crippen LogP contribution in [0, 0.1) is 29.3 Å². The Morgan fingerprint density at radius 2 is 1.57 bits per heavy atom. The zero-order valence-corrected chi connectivity index (χ0v) is 6.61. The lowest BCUT2D eigenvalue weighted by atomic mass is 10.2. The standard InChI is InChI=1S/C9H2F4N/c10-5-4-2-1-3-14-9(4)8(13)7(12)6(5)11/h2-3H. The van der Waals surface area contributed by atoms with E-state index in [1.165, 1.54) is 0 Å². The van der Waals surface area contributed by atoms with Gasteiger partial charge < -0.3 is 0 Å². The van der Waals surface area contributed by atoms with Crippen molar-refractivity contribution < 1.29 is 17.6 Å². The lowest BCUT2D eigenvalue weighted by molar-refractivity contribution is 0.417. The fourth-order valence-electron chi connectivity index (χ4n) is 1.12. The van der Waals surface area contributed by atoms with Crippen LogP contribution in [0.4, 0.5) is 17.6 Å². The van der Waals surface area contributed by atoms with Crippen molar-refractivity contribution >= 4 is 10.9 Å². The second kappa shape index (κ2) is 2.94. The minimum atomic E-state index is -1.85. The topological polar surface area (TPSA) is 12.9 Å². The number of halogens is 4. The van der Waals surface area contributed by atoms with E-state index in [-0.39, 0.29) is 0 Å². The molecule has 0 fully saturated rings. The van der Waals surface area contributed by atoms with Gasteiger partial charge in [0.25, 0.3) is 0 Å². The molecule has 0 unspecified atom stereocenters. The van der Waals surface area contributed by atoms with Crippen LogP contribution < -0.4 is 0 Å². The van der Waals surface area contributed by atoms with E-state index in [1.54, 1.807) is 0 Å². The number of fused-ring (bicyclic) bond motifs is 1. The summed E-state index contributed by atoms with van der Waals surface area (Å²) in [7, 11) is 0. The van der Waals surface area contributed by atoms with Crippen molar-refractivity contribution in [3.63, 3.8) is 0 Å². The van der Waals surface area contributed by atoms with Crippen molar-refractivity contribution in [1.82, 2.24) is 4.98 Å². The Kier molecular flexibility index (Phi) is 1.87. The molecule has 14 heavy (non-hydrogen) atoms. The molecule has 71 valence electrons. The molecule has 0 atom stereocenters. The van der Waals surface area contributed by atoms with E-state index in [4.69, 9.17) is 0 Å². The molecule has 0 aliphatic carbocycles. The second-order valence-electron chi connectivity index (χ2n) is 2.59. The first-order valence-electron chi connectivity index (χ1n) is 3.60. The molecule has 0 saturated heterocycles. The zero-order valence-electron chi connectivity index (χ0n) is 6.61. The molecule has 0 aliphatic heterocycles. The molecule has 1 aromatic heterocycles. The molecule has 5 heteroatoms. The number of hydrogen-bond donors (Lipinski definition) is 0. The molecular weight excluding hydrogens is 198 g/mol. The number of pyridine rings is 1. The quantitative estimate of drug-likeness (QED) is 0.362. The molecule has 0 aliphatic rings. The molecule has 0 amide bonds. The van der Waals surface area contributed by atoms with Crippen molar-refractivity contribution in [3.8, 4) is 0 Å². The molecule has 0 spiro atoms. The van der Waals surface area contributed by atoms with Crippen LogP contribution in [-0.4, -0.2) is 4.98 Å². The first-order valence-corrected chi connectivity index (χ1v) is 3.60. The predicted octanol–water partition coefficient (Wildman–Crippen LogP) is 2.59. The first kappa shape index (κ1) is 8.93. The Morgan fingerprint density at radius 1 is 0.929 bits per heavy atom. The van der Waals surface area contributed by atoms with Crippen molar-refractivity contribution in [3.05, 3.63) is 41.6 Å². The lowest BCUT2D eigenvalue weighted by Crippen LogP contribution is -1.98. The summed E-state index contributed by atoms with van der Waals surface area (Å²) in [5.41, 5.74) is -0.542. The summed E-state index contributed by atoms with van der Waals surface area (Å²) in [6.45, 7) is 0. The molecular formula is C9H2F4N. The summed E-state index contributed by atoms with van der Waals surface area (Å²) in [4.78, 5) is 3.37. The Labute approximate surface area is 76.0 Å². The lowest BCUT2D eigenvalue weighted by Gasteiger charge is -2.02. The van der Waals surface area contributed by atoms with E-state index in [1.807, 2.05) is 0 Å². The smallest absolute Gasteiger partial charge is 0.199 e. The highest BCUT2D eigenvalue weighted by atomic mass is 19.2. The van der Waals surface area contributed by atoms with Crippen molar-refractivity contribution in [2.45, 2.75) is 0 Å². The third-order valence-corrected chi connectivity index (χ3v) is 1.77. The molecule has 2 rings (SSSR count). The van der Waals surface area contributed by atoms with Crippen LogP contribution in [0.2, 0.25) is 0 Å². The summed E-state index contributed by atoms with van der Waals surface area (Å²) in [5, 5.41) is -0.427. The fraction of sp³-hybridized carbons (Fsp3) is 0. The molecule has 0 N–H and O–H groups in total. The average Bonchev–Trinajstić information content (AvgIpc) is 2.23. The van der Waals surface area contributed by atoms with Crippen LogP contribution in [0.1, 0.15) is 0 Å². The fourth-order valence-corrected chi connectivity index (χ4v) is 1.12. The highest BCUT2D eigenvalue weighted by Crippen LogP contribution is 2.24. The minimum absolute atomic E-state index is 0.427. The maximum absolute atomic E-state index is 13.0. The van der Waals surface area contributed by atoms with Crippen LogP contribution in [0.25, 0.3) is 10.9 Å².